The zero-order valence-electron chi connectivity index (χ0n) is 13.6. The Morgan fingerprint density at radius 2 is 1.87 bits per heavy atom. The molecule has 2 aliphatic heterocycles. The van der Waals surface area contributed by atoms with E-state index in [-0.39, 0.29) is 0 Å². The highest BCUT2D eigenvalue weighted by molar-refractivity contribution is 5.89. The maximum absolute atomic E-state index is 4.87. The first kappa shape index (κ1) is 14.8. The first-order valence-electron chi connectivity index (χ1n) is 8.84. The van der Waals surface area contributed by atoms with Crippen LogP contribution in [0.3, 0.4) is 0 Å². The number of nitrogens with one attached hydrogen (secondary N) is 2. The van der Waals surface area contributed by atoms with Crippen LogP contribution in [0.4, 0.5) is 5.82 Å². The van der Waals surface area contributed by atoms with Gasteiger partial charge in [0, 0.05) is 11.4 Å². The van der Waals surface area contributed by atoms with Gasteiger partial charge >= 0.3 is 0 Å². The summed E-state index contributed by atoms with van der Waals surface area (Å²) in [6, 6.07) is 8.85. The molecule has 2 aliphatic rings. The lowest BCUT2D eigenvalue weighted by atomic mass is 10.1. The largest absolute Gasteiger partial charge is 0.367 e. The maximum Gasteiger partial charge on any atom is 0.145 e. The first-order chi connectivity index (χ1) is 11.4. The van der Waals surface area contributed by atoms with Crippen LogP contribution in [0, 0.1) is 0 Å². The third kappa shape index (κ3) is 3.46. The summed E-state index contributed by atoms with van der Waals surface area (Å²) in [5, 5.41) is 8.23. The molecule has 0 spiro atoms. The van der Waals surface area contributed by atoms with Gasteiger partial charge in [-0.1, -0.05) is 12.1 Å². The van der Waals surface area contributed by atoms with E-state index in [0.29, 0.717) is 6.04 Å². The second-order valence-electron chi connectivity index (χ2n) is 6.66. The summed E-state index contributed by atoms with van der Waals surface area (Å²) >= 11 is 0. The van der Waals surface area contributed by atoms with Crippen molar-refractivity contribution in [2.24, 2.45) is 0 Å². The summed E-state index contributed by atoms with van der Waals surface area (Å²) in [4.78, 5) is 12.1. The summed E-state index contributed by atoms with van der Waals surface area (Å²) < 4.78 is 0. The van der Waals surface area contributed by atoms with Gasteiger partial charge in [-0.05, 0) is 64.0 Å². The van der Waals surface area contributed by atoms with E-state index in [1.165, 1.54) is 25.9 Å². The van der Waals surface area contributed by atoms with Crippen LogP contribution in [-0.4, -0.2) is 47.1 Å². The van der Waals surface area contributed by atoms with E-state index in [0.717, 1.165) is 55.0 Å². The Kier molecular flexibility index (Phi) is 4.39. The molecule has 23 heavy (non-hydrogen) atoms. The molecule has 2 fully saturated rings. The Labute approximate surface area is 137 Å². The molecule has 4 rings (SSSR count). The number of fused-ring (bicyclic) bond motifs is 1. The molecule has 0 radical (unpaired) electrons. The minimum atomic E-state index is 0.509. The van der Waals surface area contributed by atoms with Gasteiger partial charge in [-0.25, -0.2) is 9.97 Å². The number of piperidine rings is 1. The summed E-state index contributed by atoms with van der Waals surface area (Å²) in [5.74, 6) is 1.96. The van der Waals surface area contributed by atoms with Gasteiger partial charge in [-0.15, -0.1) is 0 Å². The topological polar surface area (TPSA) is 53.1 Å². The van der Waals surface area contributed by atoms with Crippen molar-refractivity contribution in [3.8, 4) is 0 Å². The average molecular weight is 311 g/mol. The number of aromatic nitrogens is 2. The fourth-order valence-electron chi connectivity index (χ4n) is 3.61. The molecule has 1 aromatic carbocycles. The second kappa shape index (κ2) is 6.81. The Hall–Kier alpha value is -1.72. The molecule has 122 valence electrons. The number of rotatable bonds is 4. The van der Waals surface area contributed by atoms with E-state index < -0.39 is 0 Å². The molecule has 0 saturated carbocycles. The van der Waals surface area contributed by atoms with E-state index in [1.54, 1.807) is 0 Å². The standard InChI is InChI=1S/C18H25N5/c1-2-6-16-15(5-1)18(20-14-7-9-19-10-8-14)22-17(21-16)13-23-11-3-4-12-23/h1-2,5-6,14,19H,3-4,7-13H2,(H,20,21,22). The first-order valence-corrected chi connectivity index (χ1v) is 8.84. The summed E-state index contributed by atoms with van der Waals surface area (Å²) in [6.07, 6.45) is 4.90. The zero-order chi connectivity index (χ0) is 15.5. The highest BCUT2D eigenvalue weighted by Gasteiger charge is 2.18. The lowest BCUT2D eigenvalue weighted by molar-refractivity contribution is 0.323. The molecule has 2 aromatic rings. The van der Waals surface area contributed by atoms with Gasteiger partial charge in [0.25, 0.3) is 0 Å². The van der Waals surface area contributed by atoms with Crippen LogP contribution in [0.2, 0.25) is 0 Å². The van der Waals surface area contributed by atoms with Crippen LogP contribution in [-0.2, 0) is 6.54 Å². The van der Waals surface area contributed by atoms with Gasteiger partial charge in [0.15, 0.2) is 0 Å². The minimum absolute atomic E-state index is 0.509. The highest BCUT2D eigenvalue weighted by atomic mass is 15.2. The van der Waals surface area contributed by atoms with Crippen molar-refractivity contribution in [2.75, 3.05) is 31.5 Å². The van der Waals surface area contributed by atoms with Gasteiger partial charge in [-0.3, -0.25) is 4.90 Å². The number of para-hydroxylation sites is 1. The van der Waals surface area contributed by atoms with E-state index in [4.69, 9.17) is 9.97 Å². The van der Waals surface area contributed by atoms with Crippen molar-refractivity contribution in [3.05, 3.63) is 30.1 Å². The Morgan fingerprint density at radius 3 is 2.70 bits per heavy atom. The smallest absolute Gasteiger partial charge is 0.145 e. The van der Waals surface area contributed by atoms with Crippen molar-refractivity contribution in [3.63, 3.8) is 0 Å². The van der Waals surface area contributed by atoms with Crippen molar-refractivity contribution in [2.45, 2.75) is 38.3 Å². The highest BCUT2D eigenvalue weighted by Crippen LogP contribution is 2.23. The van der Waals surface area contributed by atoms with Gasteiger partial charge in [0.05, 0.1) is 12.1 Å². The molecular weight excluding hydrogens is 286 g/mol. The molecule has 5 nitrogen and oxygen atoms in total. The fourth-order valence-corrected chi connectivity index (χ4v) is 3.61. The maximum atomic E-state index is 4.87. The third-order valence-corrected chi connectivity index (χ3v) is 4.89. The quantitative estimate of drug-likeness (QED) is 0.908. The normalized spacial score (nSPS) is 20.2. The number of hydrogen-bond donors (Lipinski definition) is 2. The van der Waals surface area contributed by atoms with E-state index in [2.05, 4.69) is 39.8 Å². The summed E-state index contributed by atoms with van der Waals surface area (Å²) in [5.41, 5.74) is 1.05. The molecule has 1 aromatic heterocycles. The zero-order valence-corrected chi connectivity index (χ0v) is 13.6. The second-order valence-corrected chi connectivity index (χ2v) is 6.66. The van der Waals surface area contributed by atoms with Crippen LogP contribution in [0.5, 0.6) is 0 Å². The lowest BCUT2D eigenvalue weighted by Gasteiger charge is -2.25. The number of nitrogens with zero attached hydrogens (tertiary/aromatic N) is 3. The molecule has 5 heteroatoms. The predicted molar refractivity (Wildman–Crippen MR) is 93.6 cm³/mol. The number of hydrogen-bond acceptors (Lipinski definition) is 5. The summed E-state index contributed by atoms with van der Waals surface area (Å²) in [7, 11) is 0. The molecule has 3 heterocycles. The van der Waals surface area contributed by atoms with Crippen molar-refractivity contribution in [1.29, 1.82) is 0 Å². The van der Waals surface area contributed by atoms with E-state index in [9.17, 15) is 0 Å². The molecule has 0 bridgehead atoms. The Morgan fingerprint density at radius 1 is 1.09 bits per heavy atom. The number of anilines is 1. The van der Waals surface area contributed by atoms with Gasteiger partial charge in [-0.2, -0.15) is 0 Å². The molecule has 0 unspecified atom stereocenters. The molecule has 0 amide bonds. The molecule has 2 N–H and O–H groups in total. The van der Waals surface area contributed by atoms with Crippen molar-refractivity contribution in [1.82, 2.24) is 20.2 Å². The monoisotopic (exact) mass is 311 g/mol. The van der Waals surface area contributed by atoms with Gasteiger partial charge in [0.1, 0.15) is 11.6 Å². The van der Waals surface area contributed by atoms with Crippen molar-refractivity contribution >= 4 is 16.7 Å². The third-order valence-electron chi connectivity index (χ3n) is 4.89. The van der Waals surface area contributed by atoms with Crippen LogP contribution in [0.15, 0.2) is 24.3 Å². The average Bonchev–Trinajstić information content (AvgIpc) is 3.09. The Bertz CT molecular complexity index is 660. The van der Waals surface area contributed by atoms with E-state index >= 15 is 0 Å². The number of benzene rings is 1. The predicted octanol–water partition coefficient (Wildman–Crippen LogP) is 2.39. The number of likely N-dealkylation sites (tertiary alicyclic amines) is 1. The lowest BCUT2D eigenvalue weighted by Crippen LogP contribution is -2.35. The SMILES string of the molecule is c1ccc2c(NC3CCNCC3)nc(CN3CCCC3)nc2c1. The molecular formula is C18H25N5. The van der Waals surface area contributed by atoms with Gasteiger partial charge in [0.2, 0.25) is 0 Å². The Balaban J connectivity index is 1.62. The minimum Gasteiger partial charge on any atom is -0.367 e. The molecule has 2 saturated heterocycles. The van der Waals surface area contributed by atoms with Crippen LogP contribution < -0.4 is 10.6 Å². The van der Waals surface area contributed by atoms with Crippen LogP contribution in [0.1, 0.15) is 31.5 Å². The van der Waals surface area contributed by atoms with Gasteiger partial charge < -0.3 is 10.6 Å². The van der Waals surface area contributed by atoms with Crippen molar-refractivity contribution < 1.29 is 0 Å². The molecule has 0 aliphatic carbocycles. The van der Waals surface area contributed by atoms with E-state index in [1.807, 2.05) is 0 Å². The van der Waals surface area contributed by atoms with Crippen LogP contribution in [0.25, 0.3) is 10.9 Å². The fraction of sp³-hybridized carbons (Fsp3) is 0.556. The van der Waals surface area contributed by atoms with Crippen LogP contribution >= 0.6 is 0 Å². The summed E-state index contributed by atoms with van der Waals surface area (Å²) in [6.45, 7) is 5.38. The molecule has 0 atom stereocenters.